The average Bonchev–Trinajstić information content (AvgIpc) is 2.26. The van der Waals surface area contributed by atoms with Gasteiger partial charge in [0.2, 0.25) is 0 Å². The summed E-state index contributed by atoms with van der Waals surface area (Å²) in [6, 6.07) is 5.02. The van der Waals surface area contributed by atoms with Gasteiger partial charge in [0.15, 0.2) is 0 Å². The molecule has 0 spiro atoms. The van der Waals surface area contributed by atoms with E-state index in [0.29, 0.717) is 6.42 Å². The molecule has 1 aromatic carbocycles. The molecule has 2 nitrogen and oxygen atoms in total. The number of rotatable bonds is 5. The minimum atomic E-state index is -0.245. The minimum absolute atomic E-state index is 0.0590. The molecular formula is C15H23BrFNO. The zero-order chi connectivity index (χ0) is 14.6. The molecule has 0 saturated carbocycles. The van der Waals surface area contributed by atoms with Gasteiger partial charge in [0.05, 0.1) is 0 Å². The van der Waals surface area contributed by atoms with Crippen molar-refractivity contribution in [3.8, 4) is 0 Å². The van der Waals surface area contributed by atoms with Crippen molar-refractivity contribution in [3.63, 3.8) is 0 Å². The topological polar surface area (TPSA) is 32.3 Å². The summed E-state index contributed by atoms with van der Waals surface area (Å²) in [4.78, 5) is 0. The Bertz CT molecular complexity index is 417. The lowest BCUT2D eigenvalue weighted by Crippen LogP contribution is -2.42. The fraction of sp³-hybridized carbons (Fsp3) is 0.600. The number of nitrogens with one attached hydrogen (secondary N) is 1. The Kier molecular flexibility index (Phi) is 5.96. The van der Waals surface area contributed by atoms with E-state index in [4.69, 9.17) is 0 Å². The fourth-order valence-corrected chi connectivity index (χ4v) is 2.83. The smallest absolute Gasteiger partial charge is 0.124 e. The molecule has 0 radical (unpaired) electrons. The highest BCUT2D eigenvalue weighted by Gasteiger charge is 2.26. The highest BCUT2D eigenvalue weighted by Crippen LogP contribution is 2.28. The maximum Gasteiger partial charge on any atom is 0.124 e. The summed E-state index contributed by atoms with van der Waals surface area (Å²) in [5.41, 5.74) is 1.08. The average molecular weight is 332 g/mol. The van der Waals surface area contributed by atoms with E-state index in [9.17, 15) is 9.50 Å². The van der Waals surface area contributed by atoms with Crippen LogP contribution in [0.2, 0.25) is 0 Å². The molecule has 108 valence electrons. The Morgan fingerprint density at radius 3 is 2.47 bits per heavy atom. The predicted molar refractivity (Wildman–Crippen MR) is 80.6 cm³/mol. The number of halogens is 2. The molecule has 0 fully saturated rings. The van der Waals surface area contributed by atoms with Crippen molar-refractivity contribution in [2.45, 2.75) is 46.2 Å². The first-order valence-corrected chi connectivity index (χ1v) is 7.37. The molecule has 0 heterocycles. The summed E-state index contributed by atoms with van der Waals surface area (Å²) in [5, 5.41) is 12.7. The second kappa shape index (κ2) is 6.82. The normalized spacial score (nSPS) is 15.3. The number of benzene rings is 1. The fourth-order valence-electron chi connectivity index (χ4n) is 2.14. The lowest BCUT2D eigenvalue weighted by atomic mass is 9.84. The first-order valence-electron chi connectivity index (χ1n) is 6.57. The summed E-state index contributed by atoms with van der Waals surface area (Å²) in [7, 11) is 0. The van der Waals surface area contributed by atoms with Crippen LogP contribution in [0.15, 0.2) is 22.7 Å². The minimum Gasteiger partial charge on any atom is -0.396 e. The molecule has 0 amide bonds. The lowest BCUT2D eigenvalue weighted by molar-refractivity contribution is 0.188. The van der Waals surface area contributed by atoms with Gasteiger partial charge in [-0.15, -0.1) is 0 Å². The number of hydrogen-bond donors (Lipinski definition) is 2. The summed E-state index contributed by atoms with van der Waals surface area (Å²) in [5.74, 6) is -0.245. The van der Waals surface area contributed by atoms with Crippen LogP contribution in [0.5, 0.6) is 0 Å². The third-order valence-electron chi connectivity index (χ3n) is 3.34. The summed E-state index contributed by atoms with van der Waals surface area (Å²) < 4.78 is 13.9. The van der Waals surface area contributed by atoms with Crippen LogP contribution < -0.4 is 5.32 Å². The third-order valence-corrected chi connectivity index (χ3v) is 4.03. The van der Waals surface area contributed by atoms with Crippen molar-refractivity contribution < 1.29 is 9.50 Å². The van der Waals surface area contributed by atoms with Crippen molar-refractivity contribution in [1.29, 1.82) is 0 Å². The Balaban J connectivity index is 2.84. The van der Waals surface area contributed by atoms with Gasteiger partial charge in [-0.05, 0) is 36.5 Å². The van der Waals surface area contributed by atoms with Crippen LogP contribution in [0.3, 0.4) is 0 Å². The summed E-state index contributed by atoms with van der Waals surface area (Å²) in [6.45, 7) is 8.65. The standard InChI is InChI=1S/C15H23BrFNO/c1-10(12-6-5-11(17)9-13(12)16)18-14(7-8-19)15(2,3)4/h5-6,9-10,14,18-19H,7-8H2,1-4H3. The Hall–Kier alpha value is -0.450. The van der Waals surface area contributed by atoms with E-state index < -0.39 is 0 Å². The molecule has 19 heavy (non-hydrogen) atoms. The molecule has 0 bridgehead atoms. The SMILES string of the molecule is CC(NC(CCO)C(C)(C)C)c1ccc(F)cc1Br. The van der Waals surface area contributed by atoms with Crippen LogP contribution in [0.25, 0.3) is 0 Å². The van der Waals surface area contributed by atoms with E-state index >= 15 is 0 Å². The van der Waals surface area contributed by atoms with E-state index in [1.54, 1.807) is 6.07 Å². The van der Waals surface area contributed by atoms with Crippen LogP contribution in [-0.2, 0) is 0 Å². The molecule has 1 rings (SSSR count). The number of aliphatic hydroxyl groups excluding tert-OH is 1. The molecule has 2 atom stereocenters. The molecule has 1 aromatic rings. The second-order valence-corrected chi connectivity index (χ2v) is 6.84. The summed E-state index contributed by atoms with van der Waals surface area (Å²) in [6.07, 6.45) is 0.701. The van der Waals surface area contributed by atoms with Crippen molar-refractivity contribution in [2.75, 3.05) is 6.61 Å². The largest absolute Gasteiger partial charge is 0.396 e. The van der Waals surface area contributed by atoms with Gasteiger partial charge in [0.25, 0.3) is 0 Å². The molecule has 0 saturated heterocycles. The van der Waals surface area contributed by atoms with Crippen LogP contribution in [0.1, 0.15) is 45.7 Å². The molecule has 0 aromatic heterocycles. The zero-order valence-electron chi connectivity index (χ0n) is 12.0. The number of hydrogen-bond acceptors (Lipinski definition) is 2. The monoisotopic (exact) mass is 331 g/mol. The van der Waals surface area contributed by atoms with Gasteiger partial charge in [0, 0.05) is 23.2 Å². The van der Waals surface area contributed by atoms with Gasteiger partial charge in [-0.1, -0.05) is 42.8 Å². The van der Waals surface area contributed by atoms with Gasteiger partial charge in [0.1, 0.15) is 5.82 Å². The van der Waals surface area contributed by atoms with Crippen LogP contribution in [-0.4, -0.2) is 17.8 Å². The molecule has 4 heteroatoms. The van der Waals surface area contributed by atoms with Gasteiger partial charge in [-0.2, -0.15) is 0 Å². The van der Waals surface area contributed by atoms with E-state index in [1.807, 2.05) is 6.92 Å². The van der Waals surface area contributed by atoms with E-state index in [2.05, 4.69) is 42.0 Å². The van der Waals surface area contributed by atoms with Crippen molar-refractivity contribution >= 4 is 15.9 Å². The van der Waals surface area contributed by atoms with Crippen molar-refractivity contribution in [1.82, 2.24) is 5.32 Å². The molecule has 0 aliphatic rings. The van der Waals surface area contributed by atoms with Crippen LogP contribution in [0.4, 0.5) is 4.39 Å². The molecular weight excluding hydrogens is 309 g/mol. The van der Waals surface area contributed by atoms with Crippen molar-refractivity contribution in [2.24, 2.45) is 5.41 Å². The molecule has 2 N–H and O–H groups in total. The first-order chi connectivity index (χ1) is 8.75. The Morgan fingerprint density at radius 2 is 2.00 bits per heavy atom. The molecule has 2 unspecified atom stereocenters. The predicted octanol–water partition coefficient (Wildman–Crippen LogP) is 4.04. The Morgan fingerprint density at radius 1 is 1.37 bits per heavy atom. The highest BCUT2D eigenvalue weighted by atomic mass is 79.9. The maximum atomic E-state index is 13.1. The lowest BCUT2D eigenvalue weighted by Gasteiger charge is -2.34. The van der Waals surface area contributed by atoms with Gasteiger partial charge < -0.3 is 10.4 Å². The van der Waals surface area contributed by atoms with Crippen LogP contribution >= 0.6 is 15.9 Å². The molecule has 0 aliphatic heterocycles. The second-order valence-electron chi connectivity index (χ2n) is 5.99. The van der Waals surface area contributed by atoms with Gasteiger partial charge >= 0.3 is 0 Å². The van der Waals surface area contributed by atoms with E-state index in [-0.39, 0.29) is 29.9 Å². The first kappa shape index (κ1) is 16.6. The number of aliphatic hydroxyl groups is 1. The van der Waals surface area contributed by atoms with E-state index in [0.717, 1.165) is 10.0 Å². The maximum absolute atomic E-state index is 13.1. The summed E-state index contributed by atoms with van der Waals surface area (Å²) >= 11 is 3.40. The zero-order valence-corrected chi connectivity index (χ0v) is 13.6. The quantitative estimate of drug-likeness (QED) is 0.853. The van der Waals surface area contributed by atoms with Gasteiger partial charge in [-0.3, -0.25) is 0 Å². The Labute approximate surface area is 123 Å². The van der Waals surface area contributed by atoms with Crippen molar-refractivity contribution in [3.05, 3.63) is 34.1 Å². The van der Waals surface area contributed by atoms with Gasteiger partial charge in [-0.25, -0.2) is 4.39 Å². The van der Waals surface area contributed by atoms with Crippen LogP contribution in [0, 0.1) is 11.2 Å². The highest BCUT2D eigenvalue weighted by molar-refractivity contribution is 9.10. The van der Waals surface area contributed by atoms with E-state index in [1.165, 1.54) is 12.1 Å². The molecule has 0 aliphatic carbocycles. The third kappa shape index (κ3) is 4.86.